The Morgan fingerprint density at radius 3 is 2.70 bits per heavy atom. The minimum Gasteiger partial charge on any atom is -0.307 e. The third kappa shape index (κ3) is 3.45. The Bertz CT molecular complexity index is 1110. The lowest BCUT2D eigenvalue weighted by atomic mass is 10.1. The summed E-state index contributed by atoms with van der Waals surface area (Å²) in [6, 6.07) is 13.5. The van der Waals surface area contributed by atoms with Gasteiger partial charge in [-0.25, -0.2) is 12.8 Å². The predicted octanol–water partition coefficient (Wildman–Crippen LogP) is 3.89. The van der Waals surface area contributed by atoms with E-state index in [0.29, 0.717) is 23.5 Å². The Hall–Kier alpha value is -2.71. The summed E-state index contributed by atoms with van der Waals surface area (Å²) in [6.45, 7) is 0.548. The van der Waals surface area contributed by atoms with Crippen molar-refractivity contribution in [1.29, 1.82) is 0 Å². The van der Waals surface area contributed by atoms with Gasteiger partial charge in [0.15, 0.2) is 0 Å². The number of amides is 1. The Balaban J connectivity index is 1.58. The number of benzene rings is 2. The second-order valence-electron chi connectivity index (χ2n) is 6.09. The summed E-state index contributed by atoms with van der Waals surface area (Å²) in [6.07, 6.45) is 0.641. The smallest absolute Gasteiger partial charge is 0.268 e. The minimum atomic E-state index is -3.89. The molecule has 138 valence electrons. The molecule has 2 heterocycles. The highest BCUT2D eigenvalue weighted by Gasteiger charge is 2.26. The van der Waals surface area contributed by atoms with E-state index in [2.05, 4.69) is 4.72 Å². The number of nitrogens with zero attached hydrogens (tertiary/aromatic N) is 1. The zero-order valence-electron chi connectivity index (χ0n) is 14.1. The Kier molecular flexibility index (Phi) is 4.45. The number of nitrogens with one attached hydrogen (secondary N) is 1. The van der Waals surface area contributed by atoms with Crippen LogP contribution < -0.4 is 9.62 Å². The summed E-state index contributed by atoms with van der Waals surface area (Å²) < 4.78 is 40.7. The third-order valence-corrected chi connectivity index (χ3v) is 6.55. The number of thiophene rings is 1. The summed E-state index contributed by atoms with van der Waals surface area (Å²) in [5.41, 5.74) is 2.05. The maximum atomic E-state index is 13.3. The molecule has 0 aliphatic carbocycles. The second-order valence-corrected chi connectivity index (χ2v) is 8.72. The number of fused-ring (bicyclic) bond motifs is 1. The van der Waals surface area contributed by atoms with Crippen LogP contribution in [0.1, 0.15) is 15.2 Å². The van der Waals surface area contributed by atoms with Crippen LogP contribution in [0.3, 0.4) is 0 Å². The molecular weight excluding hydrogens is 387 g/mol. The highest BCUT2D eigenvalue weighted by Crippen LogP contribution is 2.32. The highest BCUT2D eigenvalue weighted by atomic mass is 32.2. The Labute approximate surface area is 160 Å². The zero-order chi connectivity index (χ0) is 19.0. The van der Waals surface area contributed by atoms with Crippen LogP contribution >= 0.6 is 11.3 Å². The van der Waals surface area contributed by atoms with Crippen LogP contribution in [0.5, 0.6) is 0 Å². The topological polar surface area (TPSA) is 66.5 Å². The first kappa shape index (κ1) is 17.7. The second kappa shape index (κ2) is 6.79. The van der Waals surface area contributed by atoms with Gasteiger partial charge < -0.3 is 4.90 Å². The number of hydrogen-bond donors (Lipinski definition) is 1. The van der Waals surface area contributed by atoms with Crippen LogP contribution in [0.4, 0.5) is 15.8 Å². The van der Waals surface area contributed by atoms with Gasteiger partial charge in [0.05, 0.1) is 9.77 Å². The molecule has 8 heteroatoms. The van der Waals surface area contributed by atoms with Crippen molar-refractivity contribution in [3.8, 4) is 0 Å². The van der Waals surface area contributed by atoms with Gasteiger partial charge in [-0.2, -0.15) is 0 Å². The number of rotatable bonds is 4. The zero-order valence-corrected chi connectivity index (χ0v) is 15.7. The first-order valence-electron chi connectivity index (χ1n) is 8.21. The van der Waals surface area contributed by atoms with E-state index in [9.17, 15) is 17.6 Å². The lowest BCUT2D eigenvalue weighted by Gasteiger charge is -2.17. The van der Waals surface area contributed by atoms with Gasteiger partial charge >= 0.3 is 0 Å². The van der Waals surface area contributed by atoms with Gasteiger partial charge in [-0.15, -0.1) is 11.3 Å². The van der Waals surface area contributed by atoms with Crippen molar-refractivity contribution in [2.45, 2.75) is 11.3 Å². The molecule has 0 unspecified atom stereocenters. The molecule has 0 atom stereocenters. The lowest BCUT2D eigenvalue weighted by Crippen LogP contribution is -2.28. The fraction of sp³-hybridized carbons (Fsp3) is 0.105. The molecule has 0 saturated carbocycles. The van der Waals surface area contributed by atoms with Gasteiger partial charge in [0.2, 0.25) is 0 Å². The van der Waals surface area contributed by atoms with Crippen molar-refractivity contribution >= 4 is 38.6 Å². The quantitative estimate of drug-likeness (QED) is 0.720. The van der Waals surface area contributed by atoms with Crippen molar-refractivity contribution in [3.63, 3.8) is 0 Å². The number of sulfonamides is 1. The fourth-order valence-electron chi connectivity index (χ4n) is 3.06. The summed E-state index contributed by atoms with van der Waals surface area (Å²) in [7, 11) is -3.89. The summed E-state index contributed by atoms with van der Waals surface area (Å²) in [5.74, 6) is -0.675. The lowest BCUT2D eigenvalue weighted by molar-refractivity contribution is 0.0993. The van der Waals surface area contributed by atoms with Gasteiger partial charge in [0, 0.05) is 17.9 Å². The van der Waals surface area contributed by atoms with E-state index < -0.39 is 15.8 Å². The fourth-order valence-corrected chi connectivity index (χ4v) is 4.81. The molecule has 0 spiro atoms. The van der Waals surface area contributed by atoms with Crippen LogP contribution in [-0.2, 0) is 16.4 Å². The highest BCUT2D eigenvalue weighted by molar-refractivity contribution is 7.92. The molecule has 1 aromatic heterocycles. The van der Waals surface area contributed by atoms with Crippen LogP contribution in [0.25, 0.3) is 0 Å². The molecule has 0 fully saturated rings. The van der Waals surface area contributed by atoms with E-state index in [1.165, 1.54) is 29.5 Å². The van der Waals surface area contributed by atoms with Crippen LogP contribution in [0.15, 0.2) is 64.9 Å². The first-order valence-corrected chi connectivity index (χ1v) is 10.6. The van der Waals surface area contributed by atoms with Crippen molar-refractivity contribution < 1.29 is 17.6 Å². The van der Waals surface area contributed by atoms with Crippen molar-refractivity contribution in [2.75, 3.05) is 16.2 Å². The molecule has 3 aromatic rings. The van der Waals surface area contributed by atoms with Gasteiger partial charge in [-0.1, -0.05) is 12.1 Å². The van der Waals surface area contributed by atoms with E-state index in [1.54, 1.807) is 29.2 Å². The number of halogens is 1. The minimum absolute atomic E-state index is 0.0585. The normalized spacial score (nSPS) is 13.4. The largest absolute Gasteiger partial charge is 0.307 e. The van der Waals surface area contributed by atoms with E-state index in [-0.39, 0.29) is 10.8 Å². The molecule has 1 aliphatic heterocycles. The molecule has 1 amide bonds. The Morgan fingerprint density at radius 1 is 1.11 bits per heavy atom. The molecule has 0 bridgehead atoms. The predicted molar refractivity (Wildman–Crippen MR) is 103 cm³/mol. The van der Waals surface area contributed by atoms with E-state index in [0.717, 1.165) is 17.3 Å². The van der Waals surface area contributed by atoms with Gasteiger partial charge in [-0.3, -0.25) is 9.52 Å². The SMILES string of the molecule is O=C(c1cccs1)N1CCc2cc(NS(=O)(=O)c3cccc(F)c3)ccc21. The maximum Gasteiger partial charge on any atom is 0.268 e. The Morgan fingerprint density at radius 2 is 1.96 bits per heavy atom. The third-order valence-electron chi connectivity index (χ3n) is 4.31. The average molecular weight is 402 g/mol. The van der Waals surface area contributed by atoms with Crippen LogP contribution in [0.2, 0.25) is 0 Å². The van der Waals surface area contributed by atoms with Gasteiger partial charge in [-0.05, 0) is 59.8 Å². The van der Waals surface area contributed by atoms with Crippen molar-refractivity contribution in [2.24, 2.45) is 0 Å². The van der Waals surface area contributed by atoms with Crippen LogP contribution in [0, 0.1) is 5.82 Å². The standard InChI is InChI=1S/C19H15FN2O3S2/c20-14-3-1-4-16(12-14)27(24,25)21-15-6-7-17-13(11-15)8-9-22(17)19(23)18-5-2-10-26-18/h1-7,10-12,21H,8-9H2. The number of carbonyl (C=O) groups excluding carboxylic acids is 1. The van der Waals surface area contributed by atoms with Gasteiger partial charge in [0.1, 0.15) is 5.82 Å². The monoisotopic (exact) mass is 402 g/mol. The van der Waals surface area contributed by atoms with E-state index in [4.69, 9.17) is 0 Å². The van der Waals surface area contributed by atoms with Gasteiger partial charge in [0.25, 0.3) is 15.9 Å². The average Bonchev–Trinajstić information content (AvgIpc) is 3.30. The van der Waals surface area contributed by atoms with E-state index >= 15 is 0 Å². The molecule has 0 saturated heterocycles. The molecular formula is C19H15FN2O3S2. The number of carbonyl (C=O) groups is 1. The van der Waals surface area contributed by atoms with Crippen molar-refractivity contribution in [3.05, 3.63) is 76.2 Å². The maximum absolute atomic E-state index is 13.3. The van der Waals surface area contributed by atoms with Crippen LogP contribution in [-0.4, -0.2) is 20.9 Å². The number of anilines is 2. The number of hydrogen-bond acceptors (Lipinski definition) is 4. The molecule has 2 aromatic carbocycles. The van der Waals surface area contributed by atoms with Crippen molar-refractivity contribution in [1.82, 2.24) is 0 Å². The molecule has 0 radical (unpaired) electrons. The summed E-state index contributed by atoms with van der Waals surface area (Å²) in [5, 5.41) is 1.86. The summed E-state index contributed by atoms with van der Waals surface area (Å²) >= 11 is 1.39. The molecule has 27 heavy (non-hydrogen) atoms. The molecule has 1 N–H and O–H groups in total. The summed E-state index contributed by atoms with van der Waals surface area (Å²) in [4.78, 5) is 14.8. The van der Waals surface area contributed by atoms with E-state index in [1.807, 2.05) is 11.4 Å². The molecule has 4 rings (SSSR count). The first-order chi connectivity index (χ1) is 12.9. The molecule has 1 aliphatic rings. The molecule has 5 nitrogen and oxygen atoms in total.